The van der Waals surface area contributed by atoms with Gasteiger partial charge in [-0.25, -0.2) is 9.18 Å². The van der Waals surface area contributed by atoms with Crippen LogP contribution in [0.25, 0.3) is 5.69 Å². The quantitative estimate of drug-likeness (QED) is 0.636. The van der Waals surface area contributed by atoms with Gasteiger partial charge in [-0.3, -0.25) is 13.9 Å². The number of benzene rings is 2. The van der Waals surface area contributed by atoms with E-state index in [1.807, 2.05) is 0 Å². The molecule has 28 heavy (non-hydrogen) atoms. The summed E-state index contributed by atoms with van der Waals surface area (Å²) in [5.74, 6) is 0.0252. The van der Waals surface area contributed by atoms with Crippen molar-refractivity contribution in [2.24, 2.45) is 0 Å². The molecule has 0 aliphatic heterocycles. The number of hydrogen-bond donors (Lipinski definition) is 1. The second-order valence-corrected chi connectivity index (χ2v) is 6.56. The van der Waals surface area contributed by atoms with Gasteiger partial charge in [0.05, 0.1) is 12.2 Å². The molecule has 0 saturated carbocycles. The summed E-state index contributed by atoms with van der Waals surface area (Å²) >= 11 is 0. The molecule has 1 N–H and O–H groups in total. The standard InChI is InChI=1S/C21H21FN2O4/c1-14-11-23(12-19(26)13-28-20-9-5-17(22)6-10-20)21(27)24(14)18-7-3-16(4-8-18)15(2)25/h3-11,19,26H,12-13H2,1-2H3/t19-/m0/s1. The van der Waals surface area contributed by atoms with E-state index in [0.29, 0.717) is 22.7 Å². The van der Waals surface area contributed by atoms with Crippen LogP contribution in [-0.2, 0) is 6.54 Å². The molecular formula is C21H21FN2O4. The third-order valence-corrected chi connectivity index (χ3v) is 4.33. The highest BCUT2D eigenvalue weighted by Gasteiger charge is 2.14. The van der Waals surface area contributed by atoms with Gasteiger partial charge in [0.25, 0.3) is 0 Å². The summed E-state index contributed by atoms with van der Waals surface area (Å²) in [6.07, 6.45) is 0.737. The number of ketones is 1. The van der Waals surface area contributed by atoms with Crippen molar-refractivity contribution in [1.82, 2.24) is 9.13 Å². The number of halogens is 1. The number of aliphatic hydroxyl groups excluding tert-OH is 1. The van der Waals surface area contributed by atoms with Gasteiger partial charge >= 0.3 is 5.69 Å². The van der Waals surface area contributed by atoms with Gasteiger partial charge in [0.2, 0.25) is 0 Å². The Morgan fingerprint density at radius 2 is 1.79 bits per heavy atom. The van der Waals surface area contributed by atoms with E-state index in [-0.39, 0.29) is 30.4 Å². The monoisotopic (exact) mass is 384 g/mol. The molecule has 1 aromatic heterocycles. The second-order valence-electron chi connectivity index (χ2n) is 6.56. The predicted octanol–water partition coefficient (Wildman–Crippen LogP) is 2.73. The second kappa shape index (κ2) is 8.22. The smallest absolute Gasteiger partial charge is 0.333 e. The molecule has 1 heterocycles. The zero-order valence-corrected chi connectivity index (χ0v) is 15.6. The molecule has 0 saturated heterocycles. The van der Waals surface area contributed by atoms with E-state index >= 15 is 0 Å². The molecule has 1 atom stereocenters. The highest BCUT2D eigenvalue weighted by Crippen LogP contribution is 2.13. The molecule has 0 aliphatic rings. The number of aryl methyl sites for hydroxylation is 1. The average Bonchev–Trinajstić information content (AvgIpc) is 2.94. The molecular weight excluding hydrogens is 363 g/mol. The number of hydrogen-bond acceptors (Lipinski definition) is 4. The Morgan fingerprint density at radius 1 is 1.14 bits per heavy atom. The average molecular weight is 384 g/mol. The molecule has 7 heteroatoms. The van der Waals surface area contributed by atoms with Crippen molar-refractivity contribution < 1.29 is 19.0 Å². The number of imidazole rings is 1. The Labute approximate surface area is 161 Å². The summed E-state index contributed by atoms with van der Waals surface area (Å²) in [5, 5.41) is 10.2. The lowest BCUT2D eigenvalue weighted by Gasteiger charge is -2.12. The van der Waals surface area contributed by atoms with Crippen LogP contribution in [0.4, 0.5) is 4.39 Å². The van der Waals surface area contributed by atoms with Crippen molar-refractivity contribution in [3.8, 4) is 11.4 Å². The molecule has 0 unspecified atom stereocenters. The van der Waals surface area contributed by atoms with E-state index < -0.39 is 6.10 Å². The van der Waals surface area contributed by atoms with Crippen LogP contribution in [0.3, 0.4) is 0 Å². The SMILES string of the molecule is CC(=O)c1ccc(-n2c(C)cn(C[C@H](O)COc3ccc(F)cc3)c2=O)cc1. The zero-order chi connectivity index (χ0) is 20.3. The number of ether oxygens (including phenoxy) is 1. The van der Waals surface area contributed by atoms with Gasteiger partial charge in [-0.05, 0) is 62.4 Å². The third kappa shape index (κ3) is 4.37. The first kappa shape index (κ1) is 19.6. The summed E-state index contributed by atoms with van der Waals surface area (Å²) in [5.41, 5.74) is 1.62. The Bertz CT molecular complexity index is 1020. The number of carbonyl (C=O) groups is 1. The normalized spacial score (nSPS) is 12.0. The van der Waals surface area contributed by atoms with Crippen LogP contribution in [0.5, 0.6) is 5.75 Å². The van der Waals surface area contributed by atoms with Gasteiger partial charge in [-0.15, -0.1) is 0 Å². The molecule has 0 aliphatic carbocycles. The fourth-order valence-electron chi connectivity index (χ4n) is 2.91. The molecule has 0 bridgehead atoms. The minimum atomic E-state index is -0.918. The molecule has 3 rings (SSSR count). The number of rotatable bonds is 7. The van der Waals surface area contributed by atoms with Gasteiger partial charge in [0, 0.05) is 17.5 Å². The highest BCUT2D eigenvalue weighted by molar-refractivity contribution is 5.94. The molecule has 146 valence electrons. The van der Waals surface area contributed by atoms with Crippen molar-refractivity contribution in [1.29, 1.82) is 0 Å². The highest BCUT2D eigenvalue weighted by atomic mass is 19.1. The molecule has 0 spiro atoms. The van der Waals surface area contributed by atoms with E-state index in [0.717, 1.165) is 0 Å². The van der Waals surface area contributed by atoms with Crippen LogP contribution in [0.1, 0.15) is 23.0 Å². The molecule has 6 nitrogen and oxygen atoms in total. The van der Waals surface area contributed by atoms with Crippen molar-refractivity contribution >= 4 is 5.78 Å². The van der Waals surface area contributed by atoms with E-state index in [1.165, 1.54) is 40.3 Å². The van der Waals surface area contributed by atoms with Crippen molar-refractivity contribution in [3.63, 3.8) is 0 Å². The Hall–Kier alpha value is -3.19. The van der Waals surface area contributed by atoms with Crippen LogP contribution in [0.15, 0.2) is 59.5 Å². The maximum atomic E-state index is 12.9. The Balaban J connectivity index is 1.71. The van der Waals surface area contributed by atoms with Crippen molar-refractivity contribution in [3.05, 3.63) is 82.3 Å². The number of Topliss-reactive ketones (excluding diaryl/α,β-unsaturated/α-hetero) is 1. The van der Waals surface area contributed by atoms with Gasteiger partial charge in [-0.2, -0.15) is 0 Å². The molecule has 3 aromatic rings. The van der Waals surface area contributed by atoms with Gasteiger partial charge in [-0.1, -0.05) is 0 Å². The van der Waals surface area contributed by atoms with Crippen LogP contribution in [-0.4, -0.2) is 32.7 Å². The maximum Gasteiger partial charge on any atom is 0.333 e. The van der Waals surface area contributed by atoms with E-state index in [9.17, 15) is 19.1 Å². The van der Waals surface area contributed by atoms with Crippen LogP contribution in [0, 0.1) is 12.7 Å². The summed E-state index contributed by atoms with van der Waals surface area (Å²) in [6, 6.07) is 12.3. The minimum Gasteiger partial charge on any atom is -0.491 e. The Morgan fingerprint density at radius 3 is 2.39 bits per heavy atom. The summed E-state index contributed by atoms with van der Waals surface area (Å²) in [6.45, 7) is 3.30. The first-order valence-electron chi connectivity index (χ1n) is 8.81. The number of nitrogens with zero attached hydrogens (tertiary/aromatic N) is 2. The zero-order valence-electron chi connectivity index (χ0n) is 15.6. The predicted molar refractivity (Wildman–Crippen MR) is 103 cm³/mol. The lowest BCUT2D eigenvalue weighted by atomic mass is 10.1. The minimum absolute atomic E-state index is 0.0321. The molecule has 2 aromatic carbocycles. The largest absolute Gasteiger partial charge is 0.491 e. The molecule has 0 amide bonds. The molecule has 0 fully saturated rings. The summed E-state index contributed by atoms with van der Waals surface area (Å²) in [7, 11) is 0. The van der Waals surface area contributed by atoms with Gasteiger partial charge in [0.1, 0.15) is 24.3 Å². The van der Waals surface area contributed by atoms with Crippen LogP contribution >= 0.6 is 0 Å². The lowest BCUT2D eigenvalue weighted by molar-refractivity contribution is 0.0915. The van der Waals surface area contributed by atoms with E-state index in [2.05, 4.69) is 0 Å². The fourth-order valence-corrected chi connectivity index (χ4v) is 2.91. The third-order valence-electron chi connectivity index (χ3n) is 4.33. The number of carbonyl (C=O) groups excluding carboxylic acids is 1. The van der Waals surface area contributed by atoms with Crippen molar-refractivity contribution in [2.75, 3.05) is 6.61 Å². The van der Waals surface area contributed by atoms with Crippen LogP contribution < -0.4 is 10.4 Å². The first-order chi connectivity index (χ1) is 13.3. The van der Waals surface area contributed by atoms with Crippen molar-refractivity contribution in [2.45, 2.75) is 26.5 Å². The number of aliphatic hydroxyl groups is 1. The van der Waals surface area contributed by atoms with E-state index in [4.69, 9.17) is 4.74 Å². The van der Waals surface area contributed by atoms with Crippen LogP contribution in [0.2, 0.25) is 0 Å². The topological polar surface area (TPSA) is 73.5 Å². The lowest BCUT2D eigenvalue weighted by Crippen LogP contribution is -2.31. The fraction of sp³-hybridized carbons (Fsp3) is 0.238. The first-order valence-corrected chi connectivity index (χ1v) is 8.81. The number of aromatic nitrogens is 2. The van der Waals surface area contributed by atoms with E-state index in [1.54, 1.807) is 37.4 Å². The van der Waals surface area contributed by atoms with Gasteiger partial charge in [0.15, 0.2) is 5.78 Å². The van der Waals surface area contributed by atoms with Gasteiger partial charge < -0.3 is 9.84 Å². The Kier molecular flexibility index (Phi) is 5.75. The molecule has 0 radical (unpaired) electrons. The maximum absolute atomic E-state index is 12.9. The summed E-state index contributed by atoms with van der Waals surface area (Å²) in [4.78, 5) is 24.1. The summed E-state index contributed by atoms with van der Waals surface area (Å²) < 4.78 is 21.2.